The highest BCUT2D eigenvalue weighted by Gasteiger charge is 2.19. The lowest BCUT2D eigenvalue weighted by molar-refractivity contribution is -0.125. The van der Waals surface area contributed by atoms with Gasteiger partial charge in [0, 0.05) is 18.1 Å². The number of hydrogen-bond donors (Lipinski definition) is 1. The van der Waals surface area contributed by atoms with E-state index in [0.717, 1.165) is 5.56 Å². The monoisotopic (exact) mass is 412 g/mol. The van der Waals surface area contributed by atoms with Crippen molar-refractivity contribution in [2.75, 3.05) is 14.2 Å². The Balaban J connectivity index is 1.98. The lowest BCUT2D eigenvalue weighted by Gasteiger charge is -2.24. The average Bonchev–Trinajstić information content (AvgIpc) is 2.66. The number of benzene rings is 2. The van der Waals surface area contributed by atoms with Crippen LogP contribution in [0.4, 0.5) is 8.78 Å². The molecule has 0 saturated carbocycles. The van der Waals surface area contributed by atoms with E-state index in [2.05, 4.69) is 10.1 Å². The number of likely N-dealkylation sites (N-methyl/N-ethyl adjacent to an activating group) is 1. The van der Waals surface area contributed by atoms with Gasteiger partial charge >= 0.3 is 6.61 Å². The molecule has 1 unspecified atom stereocenters. The predicted octanol–water partition coefficient (Wildman–Crippen LogP) is 4.09. The Morgan fingerprint density at radius 2 is 1.93 bits per heavy atom. The van der Waals surface area contributed by atoms with Crippen LogP contribution in [0, 0.1) is 0 Å². The molecule has 0 aliphatic carbocycles. The van der Waals surface area contributed by atoms with Gasteiger partial charge in [-0.25, -0.2) is 0 Å². The highest BCUT2D eigenvalue weighted by molar-refractivity contribution is 6.31. The summed E-state index contributed by atoms with van der Waals surface area (Å²) in [5.74, 6) is 0.0106. The van der Waals surface area contributed by atoms with Gasteiger partial charge in [0.2, 0.25) is 5.91 Å². The van der Waals surface area contributed by atoms with Crippen molar-refractivity contribution in [3.8, 4) is 11.5 Å². The summed E-state index contributed by atoms with van der Waals surface area (Å²) >= 11 is 6.10. The third-order valence-corrected chi connectivity index (χ3v) is 4.70. The molecule has 0 aliphatic heterocycles. The summed E-state index contributed by atoms with van der Waals surface area (Å²) in [6, 6.07) is 11.6. The van der Waals surface area contributed by atoms with Crippen LogP contribution in [0.15, 0.2) is 42.5 Å². The number of alkyl halides is 2. The maximum Gasteiger partial charge on any atom is 0.387 e. The number of hydrogen-bond acceptors (Lipinski definition) is 4. The first-order chi connectivity index (χ1) is 13.3. The topological polar surface area (TPSA) is 50.8 Å². The van der Waals surface area contributed by atoms with Crippen LogP contribution in [0.1, 0.15) is 18.1 Å². The van der Waals surface area contributed by atoms with Crippen molar-refractivity contribution in [2.24, 2.45) is 0 Å². The van der Waals surface area contributed by atoms with Crippen LogP contribution in [0.3, 0.4) is 0 Å². The van der Waals surface area contributed by atoms with Crippen molar-refractivity contribution in [2.45, 2.75) is 32.7 Å². The van der Waals surface area contributed by atoms with E-state index in [1.54, 1.807) is 37.1 Å². The summed E-state index contributed by atoms with van der Waals surface area (Å²) in [5, 5.41) is 3.44. The average molecular weight is 413 g/mol. The summed E-state index contributed by atoms with van der Waals surface area (Å²) in [7, 11) is 3.16. The second kappa shape index (κ2) is 10.2. The molecule has 1 N–H and O–H groups in total. The van der Waals surface area contributed by atoms with Gasteiger partial charge in [-0.05, 0) is 43.3 Å². The van der Waals surface area contributed by atoms with Gasteiger partial charge in [-0.2, -0.15) is 8.78 Å². The van der Waals surface area contributed by atoms with Gasteiger partial charge in [0.1, 0.15) is 0 Å². The van der Waals surface area contributed by atoms with E-state index in [0.29, 0.717) is 23.7 Å². The van der Waals surface area contributed by atoms with E-state index in [4.69, 9.17) is 16.3 Å². The molecule has 0 spiro atoms. The molecule has 0 saturated heterocycles. The van der Waals surface area contributed by atoms with Gasteiger partial charge in [-0.3, -0.25) is 9.69 Å². The molecule has 0 bridgehead atoms. The van der Waals surface area contributed by atoms with Crippen molar-refractivity contribution in [3.63, 3.8) is 0 Å². The molecule has 2 rings (SSSR count). The van der Waals surface area contributed by atoms with Crippen LogP contribution in [-0.2, 0) is 17.9 Å². The van der Waals surface area contributed by atoms with Crippen LogP contribution < -0.4 is 14.8 Å². The van der Waals surface area contributed by atoms with Crippen LogP contribution in [0.5, 0.6) is 11.5 Å². The zero-order valence-corrected chi connectivity index (χ0v) is 16.7. The second-order valence-electron chi connectivity index (χ2n) is 6.26. The second-order valence-corrected chi connectivity index (χ2v) is 6.67. The van der Waals surface area contributed by atoms with Crippen LogP contribution in [0.2, 0.25) is 5.02 Å². The zero-order chi connectivity index (χ0) is 20.7. The molecule has 2 aromatic rings. The Morgan fingerprint density at radius 3 is 2.57 bits per heavy atom. The molecule has 0 aromatic heterocycles. The first-order valence-electron chi connectivity index (χ1n) is 8.65. The van der Waals surface area contributed by atoms with Gasteiger partial charge in [-0.1, -0.05) is 35.9 Å². The predicted molar refractivity (Wildman–Crippen MR) is 104 cm³/mol. The standard InChI is InChI=1S/C20H23ClF2N2O3/c1-13(19(26)24-11-15-6-4-5-7-16(15)21)25(2)12-14-8-9-17(27-3)18(10-14)28-20(22)23/h4-10,13,20H,11-12H2,1-3H3,(H,24,26). The van der Waals surface area contributed by atoms with E-state index in [1.807, 2.05) is 18.2 Å². The number of nitrogens with zero attached hydrogens (tertiary/aromatic N) is 1. The van der Waals surface area contributed by atoms with E-state index in [-0.39, 0.29) is 17.4 Å². The summed E-state index contributed by atoms with van der Waals surface area (Å²) < 4.78 is 34.7. The molecule has 28 heavy (non-hydrogen) atoms. The number of ether oxygens (including phenoxy) is 2. The van der Waals surface area contributed by atoms with Crippen molar-refractivity contribution in [1.29, 1.82) is 0 Å². The molecule has 0 heterocycles. The maximum absolute atomic E-state index is 12.6. The molecule has 0 aliphatic rings. The largest absolute Gasteiger partial charge is 0.493 e. The van der Waals surface area contributed by atoms with Gasteiger partial charge in [0.05, 0.1) is 13.2 Å². The Morgan fingerprint density at radius 1 is 1.21 bits per heavy atom. The van der Waals surface area contributed by atoms with Gasteiger partial charge in [0.15, 0.2) is 11.5 Å². The molecule has 8 heteroatoms. The number of halogens is 3. The van der Waals surface area contributed by atoms with Gasteiger partial charge < -0.3 is 14.8 Å². The van der Waals surface area contributed by atoms with E-state index >= 15 is 0 Å². The van der Waals surface area contributed by atoms with E-state index in [9.17, 15) is 13.6 Å². The lowest BCUT2D eigenvalue weighted by Crippen LogP contribution is -2.42. The third-order valence-electron chi connectivity index (χ3n) is 4.33. The first-order valence-corrected chi connectivity index (χ1v) is 9.02. The fourth-order valence-corrected chi connectivity index (χ4v) is 2.81. The molecule has 0 fully saturated rings. The Kier molecular flexibility index (Phi) is 8.02. The number of nitrogens with one attached hydrogen (secondary N) is 1. The van der Waals surface area contributed by atoms with Crippen LogP contribution in [0.25, 0.3) is 0 Å². The minimum absolute atomic E-state index is 0.0424. The smallest absolute Gasteiger partial charge is 0.387 e. The van der Waals surface area contributed by atoms with Crippen molar-refractivity contribution < 1.29 is 23.0 Å². The van der Waals surface area contributed by atoms with Crippen molar-refractivity contribution >= 4 is 17.5 Å². The fourth-order valence-electron chi connectivity index (χ4n) is 2.60. The molecule has 1 atom stereocenters. The molecular weight excluding hydrogens is 390 g/mol. The molecule has 2 aromatic carbocycles. The van der Waals surface area contributed by atoms with Gasteiger partial charge in [0.25, 0.3) is 0 Å². The molecule has 152 valence electrons. The van der Waals surface area contributed by atoms with Crippen LogP contribution >= 0.6 is 11.6 Å². The molecule has 1 amide bonds. The summed E-state index contributed by atoms with van der Waals surface area (Å²) in [6.45, 7) is -0.492. The summed E-state index contributed by atoms with van der Waals surface area (Å²) in [5.41, 5.74) is 1.54. The van der Waals surface area contributed by atoms with Gasteiger partial charge in [-0.15, -0.1) is 0 Å². The minimum Gasteiger partial charge on any atom is -0.493 e. The molecule has 0 radical (unpaired) electrons. The highest BCUT2D eigenvalue weighted by atomic mass is 35.5. The number of carbonyl (C=O) groups is 1. The Hall–Kier alpha value is -2.38. The van der Waals surface area contributed by atoms with E-state index in [1.165, 1.54) is 13.2 Å². The highest BCUT2D eigenvalue weighted by Crippen LogP contribution is 2.30. The fraction of sp³-hybridized carbons (Fsp3) is 0.350. The zero-order valence-electron chi connectivity index (χ0n) is 15.9. The van der Waals surface area contributed by atoms with E-state index < -0.39 is 12.7 Å². The quantitative estimate of drug-likeness (QED) is 0.674. The third kappa shape index (κ3) is 6.07. The summed E-state index contributed by atoms with van der Waals surface area (Å²) in [4.78, 5) is 14.2. The number of amides is 1. The SMILES string of the molecule is COc1ccc(CN(C)C(C)C(=O)NCc2ccccc2Cl)cc1OC(F)F. The van der Waals surface area contributed by atoms with Crippen molar-refractivity contribution in [1.82, 2.24) is 10.2 Å². The number of carbonyl (C=O) groups excluding carboxylic acids is 1. The lowest BCUT2D eigenvalue weighted by atomic mass is 10.1. The summed E-state index contributed by atoms with van der Waals surface area (Å²) in [6.07, 6.45) is 0. The maximum atomic E-state index is 12.6. The first kappa shape index (κ1) is 21.9. The Bertz CT molecular complexity index is 805. The number of methoxy groups -OCH3 is 1. The van der Waals surface area contributed by atoms with Crippen molar-refractivity contribution in [3.05, 3.63) is 58.6 Å². The number of rotatable bonds is 9. The normalized spacial score (nSPS) is 12.1. The molecule has 5 nitrogen and oxygen atoms in total. The minimum atomic E-state index is -2.95. The van der Waals surface area contributed by atoms with Crippen LogP contribution in [-0.4, -0.2) is 37.6 Å². The Labute approximate surface area is 168 Å². The molecular formula is C20H23ClF2N2O3.